The summed E-state index contributed by atoms with van der Waals surface area (Å²) in [5.74, 6) is 1.80. The lowest BCUT2D eigenvalue weighted by Gasteiger charge is -2.35. The van der Waals surface area contributed by atoms with Gasteiger partial charge in [0.05, 0.1) is 0 Å². The Morgan fingerprint density at radius 2 is 1.67 bits per heavy atom. The highest BCUT2D eigenvalue weighted by Gasteiger charge is 2.41. The van der Waals surface area contributed by atoms with E-state index in [0.717, 1.165) is 11.8 Å². The van der Waals surface area contributed by atoms with Gasteiger partial charge in [0.25, 0.3) is 0 Å². The lowest BCUT2D eigenvalue weighted by molar-refractivity contribution is 0.187. The largest absolute Gasteiger partial charge is 0.312 e. The molecule has 0 radical (unpaired) electrons. The Kier molecular flexibility index (Phi) is 3.86. The van der Waals surface area contributed by atoms with Crippen LogP contribution < -0.4 is 5.32 Å². The van der Waals surface area contributed by atoms with Crippen LogP contribution in [0.5, 0.6) is 0 Å². The van der Waals surface area contributed by atoms with Crippen LogP contribution in [0.25, 0.3) is 0 Å². The second-order valence-electron chi connectivity index (χ2n) is 7.13. The van der Waals surface area contributed by atoms with Gasteiger partial charge in [-0.25, -0.2) is 0 Å². The Hall–Kier alpha value is -0.0400. The Morgan fingerprint density at radius 3 is 2.00 bits per heavy atom. The molecule has 1 nitrogen and oxygen atoms in total. The maximum atomic E-state index is 3.69. The van der Waals surface area contributed by atoms with E-state index in [2.05, 4.69) is 46.9 Å². The second-order valence-corrected chi connectivity index (χ2v) is 7.13. The topological polar surface area (TPSA) is 12.0 Å². The first-order valence-electron chi connectivity index (χ1n) is 6.48. The molecule has 0 aromatic rings. The van der Waals surface area contributed by atoms with Crippen LogP contribution >= 0.6 is 0 Å². The van der Waals surface area contributed by atoms with Crippen LogP contribution in [-0.4, -0.2) is 12.1 Å². The van der Waals surface area contributed by atoms with E-state index in [4.69, 9.17) is 0 Å². The van der Waals surface area contributed by atoms with Gasteiger partial charge in [-0.2, -0.15) is 0 Å². The summed E-state index contributed by atoms with van der Waals surface area (Å²) in [5, 5.41) is 3.69. The molecule has 1 N–H and O–H groups in total. The molecule has 1 fully saturated rings. The molecule has 1 aliphatic carbocycles. The number of rotatable bonds is 5. The molecule has 1 saturated carbocycles. The van der Waals surface area contributed by atoms with Gasteiger partial charge in [-0.05, 0) is 57.3 Å². The van der Waals surface area contributed by atoms with Crippen molar-refractivity contribution < 1.29 is 0 Å². The molecule has 0 bridgehead atoms. The summed E-state index contributed by atoms with van der Waals surface area (Å²) in [6.45, 7) is 15.1. The minimum atomic E-state index is 0.257. The summed E-state index contributed by atoms with van der Waals surface area (Å²) >= 11 is 0. The number of hydrogen-bond acceptors (Lipinski definition) is 1. The predicted molar refractivity (Wildman–Crippen MR) is 68.0 cm³/mol. The van der Waals surface area contributed by atoms with Crippen molar-refractivity contribution in [3.63, 3.8) is 0 Å². The molecule has 1 heteroatoms. The zero-order chi connectivity index (χ0) is 11.7. The summed E-state index contributed by atoms with van der Waals surface area (Å²) in [5.41, 5.74) is 0.786. The molecular formula is C14H29N. The van der Waals surface area contributed by atoms with E-state index in [1.165, 1.54) is 25.8 Å². The molecule has 0 spiro atoms. The molecule has 1 aliphatic rings. The SMILES string of the molecule is CC(C)CC(C)(CNC(C)(C)C)C1CC1. The summed E-state index contributed by atoms with van der Waals surface area (Å²) in [7, 11) is 0. The fraction of sp³-hybridized carbons (Fsp3) is 1.00. The van der Waals surface area contributed by atoms with Gasteiger partial charge < -0.3 is 5.32 Å². The average molecular weight is 211 g/mol. The zero-order valence-electron chi connectivity index (χ0n) is 11.5. The van der Waals surface area contributed by atoms with E-state index in [0.29, 0.717) is 5.41 Å². The molecule has 1 atom stereocenters. The molecule has 0 aromatic heterocycles. The third kappa shape index (κ3) is 4.55. The van der Waals surface area contributed by atoms with Crippen molar-refractivity contribution in [2.75, 3.05) is 6.54 Å². The first-order chi connectivity index (χ1) is 6.73. The molecular weight excluding hydrogens is 182 g/mol. The minimum absolute atomic E-state index is 0.257. The molecule has 0 aromatic carbocycles. The van der Waals surface area contributed by atoms with Gasteiger partial charge in [-0.3, -0.25) is 0 Å². The maximum absolute atomic E-state index is 3.69. The fourth-order valence-corrected chi connectivity index (χ4v) is 2.56. The van der Waals surface area contributed by atoms with Crippen LogP contribution in [0.1, 0.15) is 60.8 Å². The van der Waals surface area contributed by atoms with E-state index in [1.54, 1.807) is 0 Å². The summed E-state index contributed by atoms with van der Waals surface area (Å²) in [6, 6.07) is 0. The van der Waals surface area contributed by atoms with Crippen LogP contribution in [0.2, 0.25) is 0 Å². The van der Waals surface area contributed by atoms with E-state index in [9.17, 15) is 0 Å². The first kappa shape index (κ1) is 13.0. The molecule has 1 unspecified atom stereocenters. The van der Waals surface area contributed by atoms with Crippen molar-refractivity contribution in [1.29, 1.82) is 0 Å². The van der Waals surface area contributed by atoms with Crippen LogP contribution in [0.15, 0.2) is 0 Å². The van der Waals surface area contributed by atoms with Crippen molar-refractivity contribution in [2.24, 2.45) is 17.3 Å². The Balaban J connectivity index is 2.49. The normalized spacial score (nSPS) is 21.8. The number of nitrogens with one attached hydrogen (secondary N) is 1. The molecule has 90 valence electrons. The van der Waals surface area contributed by atoms with Gasteiger partial charge in [-0.15, -0.1) is 0 Å². The highest BCUT2D eigenvalue weighted by atomic mass is 15.0. The summed E-state index contributed by atoms with van der Waals surface area (Å²) in [6.07, 6.45) is 4.27. The highest BCUT2D eigenvalue weighted by Crippen LogP contribution is 2.48. The van der Waals surface area contributed by atoms with Crippen molar-refractivity contribution >= 4 is 0 Å². The summed E-state index contributed by atoms with van der Waals surface area (Å²) < 4.78 is 0. The zero-order valence-corrected chi connectivity index (χ0v) is 11.5. The fourth-order valence-electron chi connectivity index (χ4n) is 2.56. The van der Waals surface area contributed by atoms with E-state index in [-0.39, 0.29) is 5.54 Å². The highest BCUT2D eigenvalue weighted by molar-refractivity contribution is 4.94. The van der Waals surface area contributed by atoms with Gasteiger partial charge in [0.2, 0.25) is 0 Å². The summed E-state index contributed by atoms with van der Waals surface area (Å²) in [4.78, 5) is 0. The van der Waals surface area contributed by atoms with Crippen molar-refractivity contribution in [2.45, 2.75) is 66.3 Å². The van der Waals surface area contributed by atoms with E-state index in [1.807, 2.05) is 0 Å². The van der Waals surface area contributed by atoms with E-state index >= 15 is 0 Å². The molecule has 0 aliphatic heterocycles. The van der Waals surface area contributed by atoms with Crippen LogP contribution in [0.3, 0.4) is 0 Å². The van der Waals surface area contributed by atoms with Crippen LogP contribution in [-0.2, 0) is 0 Å². The van der Waals surface area contributed by atoms with E-state index < -0.39 is 0 Å². The Morgan fingerprint density at radius 1 is 1.13 bits per heavy atom. The predicted octanol–water partition coefficient (Wildman–Crippen LogP) is 3.84. The maximum Gasteiger partial charge on any atom is 0.00967 e. The molecule has 1 rings (SSSR count). The van der Waals surface area contributed by atoms with Crippen molar-refractivity contribution in [1.82, 2.24) is 5.32 Å². The standard InChI is InChI=1S/C14H29N/c1-11(2)9-14(6,12-7-8-12)10-15-13(3,4)5/h11-12,15H,7-10H2,1-6H3. The van der Waals surface area contributed by atoms with Gasteiger partial charge in [-0.1, -0.05) is 20.8 Å². The number of hydrogen-bond donors (Lipinski definition) is 1. The van der Waals surface area contributed by atoms with Crippen LogP contribution in [0.4, 0.5) is 0 Å². The van der Waals surface area contributed by atoms with Gasteiger partial charge in [0.1, 0.15) is 0 Å². The molecule has 0 saturated heterocycles. The second kappa shape index (κ2) is 4.45. The Bertz CT molecular complexity index is 198. The van der Waals surface area contributed by atoms with Crippen LogP contribution in [0, 0.1) is 17.3 Å². The lowest BCUT2D eigenvalue weighted by atomic mass is 9.77. The third-order valence-corrected chi connectivity index (χ3v) is 3.46. The van der Waals surface area contributed by atoms with Gasteiger partial charge >= 0.3 is 0 Å². The van der Waals surface area contributed by atoms with Crippen molar-refractivity contribution in [3.05, 3.63) is 0 Å². The van der Waals surface area contributed by atoms with Gasteiger partial charge in [0.15, 0.2) is 0 Å². The van der Waals surface area contributed by atoms with Gasteiger partial charge in [0, 0.05) is 12.1 Å². The molecule has 0 heterocycles. The molecule has 0 amide bonds. The van der Waals surface area contributed by atoms with Crippen molar-refractivity contribution in [3.8, 4) is 0 Å². The lowest BCUT2D eigenvalue weighted by Crippen LogP contribution is -2.44. The quantitative estimate of drug-likeness (QED) is 0.728. The first-order valence-corrected chi connectivity index (χ1v) is 6.48. The minimum Gasteiger partial charge on any atom is -0.312 e. The smallest absolute Gasteiger partial charge is 0.00967 e. The third-order valence-electron chi connectivity index (χ3n) is 3.46. The monoisotopic (exact) mass is 211 g/mol. The Labute approximate surface area is 96.0 Å². The molecule has 15 heavy (non-hydrogen) atoms. The average Bonchev–Trinajstić information content (AvgIpc) is 2.80.